The Labute approximate surface area is 222 Å². The maximum atomic E-state index is 13.1. The normalized spacial score (nSPS) is 11.2. The van der Waals surface area contributed by atoms with E-state index in [2.05, 4.69) is 31.5 Å². The molecular weight excluding hydrogens is 530 g/mol. The lowest BCUT2D eigenvalue weighted by molar-refractivity contribution is -0.113. The van der Waals surface area contributed by atoms with Crippen molar-refractivity contribution in [2.24, 2.45) is 0 Å². The summed E-state index contributed by atoms with van der Waals surface area (Å²) in [5.41, 5.74) is 2.98. The highest BCUT2D eigenvalue weighted by atomic mass is 79.9. The molecule has 6 nitrogen and oxygen atoms in total. The molecule has 0 atom stereocenters. The van der Waals surface area contributed by atoms with Gasteiger partial charge in [-0.1, -0.05) is 58.4 Å². The first-order chi connectivity index (χ1) is 18.0. The number of nitrogens with zero attached hydrogens (tertiary/aromatic N) is 1. The summed E-state index contributed by atoms with van der Waals surface area (Å²) in [5.74, 6) is -1.09. The van der Waals surface area contributed by atoms with Gasteiger partial charge in [-0.15, -0.1) is 0 Å². The van der Waals surface area contributed by atoms with Crippen LogP contribution in [-0.4, -0.2) is 22.6 Å². The minimum Gasteiger partial charge on any atom is -0.321 e. The maximum absolute atomic E-state index is 13.1. The van der Waals surface area contributed by atoms with Crippen molar-refractivity contribution in [2.45, 2.75) is 0 Å². The molecule has 0 aliphatic heterocycles. The fourth-order valence-electron chi connectivity index (χ4n) is 3.37. The van der Waals surface area contributed by atoms with E-state index in [0.717, 1.165) is 10.0 Å². The van der Waals surface area contributed by atoms with Crippen molar-refractivity contribution < 1.29 is 14.4 Å². The van der Waals surface area contributed by atoms with Gasteiger partial charge in [-0.3, -0.25) is 19.4 Å². The molecule has 0 fully saturated rings. The minimum absolute atomic E-state index is 0.0546. The Hall–Kier alpha value is -4.62. The average Bonchev–Trinajstić information content (AvgIpc) is 2.93. The van der Waals surface area contributed by atoms with Gasteiger partial charge in [0.05, 0.1) is 0 Å². The van der Waals surface area contributed by atoms with Gasteiger partial charge in [0, 0.05) is 33.7 Å². The van der Waals surface area contributed by atoms with Crippen molar-refractivity contribution in [2.75, 3.05) is 5.32 Å². The number of allylic oxidation sites excluding steroid dienone is 1. The Morgan fingerprint density at radius 3 is 2.24 bits per heavy atom. The quantitative estimate of drug-likeness (QED) is 0.203. The lowest BCUT2D eigenvalue weighted by atomic mass is 10.1. The van der Waals surface area contributed by atoms with Gasteiger partial charge < -0.3 is 10.6 Å². The summed E-state index contributed by atoms with van der Waals surface area (Å²) in [6.45, 7) is 0. The first kappa shape index (κ1) is 25.5. The van der Waals surface area contributed by atoms with Crippen LogP contribution in [0.3, 0.4) is 0 Å². The molecule has 4 rings (SSSR count). The highest BCUT2D eigenvalue weighted by Crippen LogP contribution is 2.15. The molecule has 0 aliphatic rings. The van der Waals surface area contributed by atoms with Crippen molar-refractivity contribution in [3.05, 3.63) is 142 Å². The molecule has 0 saturated heterocycles. The average molecular weight is 552 g/mol. The zero-order chi connectivity index (χ0) is 26.0. The van der Waals surface area contributed by atoms with Gasteiger partial charge in [-0.25, -0.2) is 0 Å². The van der Waals surface area contributed by atoms with Crippen LogP contribution in [0.4, 0.5) is 5.69 Å². The molecule has 0 bridgehead atoms. The number of nitrogens with one attached hydrogen (secondary N) is 2. The third-order valence-corrected chi connectivity index (χ3v) is 5.72. The van der Waals surface area contributed by atoms with E-state index in [0.29, 0.717) is 22.4 Å². The molecule has 3 aromatic carbocycles. The summed E-state index contributed by atoms with van der Waals surface area (Å²) in [6, 6.07) is 26.3. The summed E-state index contributed by atoms with van der Waals surface area (Å²) in [5, 5.41) is 5.46. The molecular formula is C30H22BrN3O3. The molecule has 182 valence electrons. The van der Waals surface area contributed by atoms with Crippen LogP contribution in [0.5, 0.6) is 0 Å². The van der Waals surface area contributed by atoms with Crippen LogP contribution in [0.15, 0.2) is 120 Å². The van der Waals surface area contributed by atoms with Gasteiger partial charge in [0.15, 0.2) is 5.78 Å². The number of carbonyl (C=O) groups excluding carboxylic acids is 3. The predicted molar refractivity (Wildman–Crippen MR) is 149 cm³/mol. The second kappa shape index (κ2) is 12.4. The van der Waals surface area contributed by atoms with Crippen LogP contribution in [-0.2, 0) is 4.79 Å². The Kier molecular flexibility index (Phi) is 8.52. The number of hydrogen-bond donors (Lipinski definition) is 2. The highest BCUT2D eigenvalue weighted by Gasteiger charge is 2.15. The molecule has 37 heavy (non-hydrogen) atoms. The number of benzene rings is 3. The molecule has 0 saturated carbocycles. The number of rotatable bonds is 8. The molecule has 2 amide bonds. The van der Waals surface area contributed by atoms with Gasteiger partial charge in [0.1, 0.15) is 5.70 Å². The zero-order valence-electron chi connectivity index (χ0n) is 19.6. The van der Waals surface area contributed by atoms with Crippen molar-refractivity contribution in [1.29, 1.82) is 0 Å². The third-order valence-electron chi connectivity index (χ3n) is 5.23. The fraction of sp³-hybridized carbons (Fsp3) is 0. The van der Waals surface area contributed by atoms with Crippen LogP contribution in [0.1, 0.15) is 31.8 Å². The van der Waals surface area contributed by atoms with Crippen molar-refractivity contribution >= 4 is 51.4 Å². The largest absolute Gasteiger partial charge is 0.321 e. The second-order valence-electron chi connectivity index (χ2n) is 7.95. The van der Waals surface area contributed by atoms with E-state index < -0.39 is 11.8 Å². The molecule has 0 radical (unpaired) electrons. The Bertz CT molecular complexity index is 1470. The molecule has 1 heterocycles. The number of hydrogen-bond acceptors (Lipinski definition) is 4. The van der Waals surface area contributed by atoms with Gasteiger partial charge in [-0.2, -0.15) is 0 Å². The van der Waals surface area contributed by atoms with E-state index in [9.17, 15) is 14.4 Å². The Morgan fingerprint density at radius 2 is 1.54 bits per heavy atom. The number of aromatic nitrogens is 1. The first-order valence-electron chi connectivity index (χ1n) is 11.4. The van der Waals surface area contributed by atoms with Crippen molar-refractivity contribution in [3.63, 3.8) is 0 Å². The number of pyridine rings is 1. The van der Waals surface area contributed by atoms with Crippen molar-refractivity contribution in [3.8, 4) is 0 Å². The smallest absolute Gasteiger partial charge is 0.272 e. The molecule has 1 aromatic heterocycles. The van der Waals surface area contributed by atoms with Crippen LogP contribution in [0.2, 0.25) is 0 Å². The lowest BCUT2D eigenvalue weighted by Crippen LogP contribution is -2.30. The molecule has 2 N–H and O–H groups in total. The number of halogens is 1. The van der Waals surface area contributed by atoms with E-state index in [-0.39, 0.29) is 11.5 Å². The first-order valence-corrected chi connectivity index (χ1v) is 12.1. The number of anilines is 1. The number of carbonyl (C=O) groups is 3. The van der Waals surface area contributed by atoms with E-state index in [4.69, 9.17) is 0 Å². The van der Waals surface area contributed by atoms with E-state index in [1.807, 2.05) is 24.3 Å². The highest BCUT2D eigenvalue weighted by molar-refractivity contribution is 9.10. The van der Waals surface area contributed by atoms with Gasteiger partial charge in [0.25, 0.3) is 11.8 Å². The van der Waals surface area contributed by atoms with Crippen LogP contribution >= 0.6 is 15.9 Å². The van der Waals surface area contributed by atoms with Crippen LogP contribution in [0.25, 0.3) is 12.2 Å². The Morgan fingerprint density at radius 1 is 0.784 bits per heavy atom. The number of amides is 2. The predicted octanol–water partition coefficient (Wildman–Crippen LogP) is 6.15. The van der Waals surface area contributed by atoms with Gasteiger partial charge in [0.2, 0.25) is 0 Å². The molecule has 4 aromatic rings. The van der Waals surface area contributed by atoms with E-state index in [1.165, 1.54) is 6.08 Å². The topological polar surface area (TPSA) is 88.2 Å². The SMILES string of the molecule is O=C(Nc1ccc(C(=O)/C=C/c2cccc(Br)c2)cc1)/C(=C/c1cccnc1)NC(=O)c1ccccc1. The standard InChI is InChI=1S/C30H22BrN3O3/c31-25-10-4-6-21(18-25)11-16-28(35)23-12-14-26(15-13-23)33-30(37)27(19-22-7-5-17-32-20-22)34-29(36)24-8-2-1-3-9-24/h1-20H,(H,33,37)(H,34,36)/b16-11+,27-19-. The van der Waals surface area contributed by atoms with Crippen LogP contribution < -0.4 is 10.6 Å². The molecule has 7 heteroatoms. The molecule has 0 aliphatic carbocycles. The van der Waals surface area contributed by atoms with Crippen molar-refractivity contribution in [1.82, 2.24) is 10.3 Å². The summed E-state index contributed by atoms with van der Waals surface area (Å²) >= 11 is 3.41. The lowest BCUT2D eigenvalue weighted by Gasteiger charge is -2.11. The fourth-order valence-corrected chi connectivity index (χ4v) is 3.78. The molecule has 0 spiro atoms. The summed E-state index contributed by atoms with van der Waals surface area (Å²) in [6.07, 6.45) is 8.01. The van der Waals surface area contributed by atoms with Crippen LogP contribution in [0, 0.1) is 0 Å². The van der Waals surface area contributed by atoms with Gasteiger partial charge in [-0.05, 0) is 77.9 Å². The monoisotopic (exact) mass is 551 g/mol. The Balaban J connectivity index is 1.47. The van der Waals surface area contributed by atoms with E-state index in [1.54, 1.807) is 91.3 Å². The summed E-state index contributed by atoms with van der Waals surface area (Å²) in [7, 11) is 0. The molecule has 0 unspecified atom stereocenters. The maximum Gasteiger partial charge on any atom is 0.272 e. The second-order valence-corrected chi connectivity index (χ2v) is 8.86. The third kappa shape index (κ3) is 7.43. The summed E-state index contributed by atoms with van der Waals surface area (Å²) in [4.78, 5) is 42.4. The van der Waals surface area contributed by atoms with Gasteiger partial charge >= 0.3 is 0 Å². The number of ketones is 1. The zero-order valence-corrected chi connectivity index (χ0v) is 21.2. The summed E-state index contributed by atoms with van der Waals surface area (Å²) < 4.78 is 0.930. The minimum atomic E-state index is -0.512. The van der Waals surface area contributed by atoms with E-state index >= 15 is 0 Å².